The van der Waals surface area contributed by atoms with Gasteiger partial charge in [-0.15, -0.1) is 0 Å². The number of benzene rings is 2. The number of nitrogens with zero attached hydrogens (tertiary/aromatic N) is 2. The monoisotopic (exact) mass is 387 g/mol. The molecule has 0 atom stereocenters. The first-order valence-corrected chi connectivity index (χ1v) is 8.56. The van der Waals surface area contributed by atoms with Gasteiger partial charge in [0.05, 0.1) is 12.0 Å². The van der Waals surface area contributed by atoms with E-state index < -0.39 is 0 Å². The van der Waals surface area contributed by atoms with Gasteiger partial charge < -0.3 is 5.32 Å². The average molecular weight is 388 g/mol. The molecule has 0 spiro atoms. The number of hydrogen-bond acceptors (Lipinski definition) is 3. The SMILES string of the molecule is Cc1ccc(-c2cc(=O)n(CC(=O)Nc3cc(Cl)cc(Cl)c3)cn2)cc1. The fourth-order valence-electron chi connectivity index (χ4n) is 2.41. The summed E-state index contributed by atoms with van der Waals surface area (Å²) in [6.07, 6.45) is 1.36. The molecule has 0 saturated carbocycles. The van der Waals surface area contributed by atoms with Crippen molar-refractivity contribution in [2.45, 2.75) is 13.5 Å². The second-order valence-electron chi connectivity index (χ2n) is 5.81. The van der Waals surface area contributed by atoms with Crippen molar-refractivity contribution in [2.75, 3.05) is 5.32 Å². The molecule has 0 saturated heterocycles. The van der Waals surface area contributed by atoms with E-state index in [2.05, 4.69) is 10.3 Å². The standard InChI is InChI=1S/C19H15Cl2N3O2/c1-12-2-4-13(5-3-12)17-9-19(26)24(11-22-17)10-18(25)23-16-7-14(20)6-15(21)8-16/h2-9,11H,10H2,1H3,(H,23,25). The van der Waals surface area contributed by atoms with Crippen LogP contribution < -0.4 is 10.9 Å². The summed E-state index contributed by atoms with van der Waals surface area (Å²) in [6, 6.07) is 13.8. The Labute approximate surface area is 160 Å². The summed E-state index contributed by atoms with van der Waals surface area (Å²) in [4.78, 5) is 28.7. The summed E-state index contributed by atoms with van der Waals surface area (Å²) in [5, 5.41) is 3.48. The van der Waals surface area contributed by atoms with Gasteiger partial charge in [0.15, 0.2) is 0 Å². The van der Waals surface area contributed by atoms with Crippen LogP contribution in [0.5, 0.6) is 0 Å². The van der Waals surface area contributed by atoms with Crippen molar-refractivity contribution in [2.24, 2.45) is 0 Å². The van der Waals surface area contributed by atoms with E-state index in [-0.39, 0.29) is 18.0 Å². The molecule has 1 N–H and O–H groups in total. The first-order valence-electron chi connectivity index (χ1n) is 7.80. The number of hydrogen-bond donors (Lipinski definition) is 1. The molecule has 26 heavy (non-hydrogen) atoms. The lowest BCUT2D eigenvalue weighted by Crippen LogP contribution is -2.27. The number of halogens is 2. The highest BCUT2D eigenvalue weighted by Gasteiger charge is 2.08. The second-order valence-corrected chi connectivity index (χ2v) is 6.69. The number of rotatable bonds is 4. The number of anilines is 1. The number of nitrogens with one attached hydrogen (secondary N) is 1. The van der Waals surface area contributed by atoms with Crippen LogP contribution in [0, 0.1) is 6.92 Å². The van der Waals surface area contributed by atoms with E-state index in [1.807, 2.05) is 31.2 Å². The van der Waals surface area contributed by atoms with Crippen LogP contribution in [0.3, 0.4) is 0 Å². The molecule has 0 unspecified atom stereocenters. The van der Waals surface area contributed by atoms with E-state index in [1.54, 1.807) is 18.2 Å². The maximum absolute atomic E-state index is 12.3. The summed E-state index contributed by atoms with van der Waals surface area (Å²) in [7, 11) is 0. The van der Waals surface area contributed by atoms with Crippen LogP contribution in [0.25, 0.3) is 11.3 Å². The van der Waals surface area contributed by atoms with Crippen LogP contribution in [0.1, 0.15) is 5.56 Å². The molecule has 0 fully saturated rings. The summed E-state index contributed by atoms with van der Waals surface area (Å²) in [6.45, 7) is 1.82. The van der Waals surface area contributed by atoms with E-state index in [0.29, 0.717) is 21.4 Å². The van der Waals surface area contributed by atoms with E-state index in [0.717, 1.165) is 11.1 Å². The van der Waals surface area contributed by atoms with Crippen LogP contribution in [-0.4, -0.2) is 15.5 Å². The molecule has 7 heteroatoms. The fourth-order valence-corrected chi connectivity index (χ4v) is 2.93. The molecule has 1 aromatic heterocycles. The molecular weight excluding hydrogens is 373 g/mol. The predicted molar refractivity (Wildman–Crippen MR) is 104 cm³/mol. The lowest BCUT2D eigenvalue weighted by molar-refractivity contribution is -0.116. The molecule has 3 aromatic rings. The Morgan fingerprint density at radius 3 is 2.35 bits per heavy atom. The smallest absolute Gasteiger partial charge is 0.254 e. The van der Waals surface area contributed by atoms with Crippen LogP contribution in [-0.2, 0) is 11.3 Å². The van der Waals surface area contributed by atoms with Crippen molar-refractivity contribution in [1.29, 1.82) is 0 Å². The highest BCUT2D eigenvalue weighted by Crippen LogP contribution is 2.22. The molecule has 2 aromatic carbocycles. The predicted octanol–water partition coefficient (Wildman–Crippen LogP) is 4.16. The largest absolute Gasteiger partial charge is 0.324 e. The van der Waals surface area contributed by atoms with Crippen molar-refractivity contribution >= 4 is 34.8 Å². The number of amides is 1. The molecule has 5 nitrogen and oxygen atoms in total. The molecule has 0 aliphatic carbocycles. The van der Waals surface area contributed by atoms with Gasteiger partial charge >= 0.3 is 0 Å². The van der Waals surface area contributed by atoms with Crippen LogP contribution in [0.15, 0.2) is 59.7 Å². The van der Waals surface area contributed by atoms with Crippen LogP contribution in [0.2, 0.25) is 10.0 Å². The third-order valence-corrected chi connectivity index (χ3v) is 4.12. The van der Waals surface area contributed by atoms with E-state index >= 15 is 0 Å². The van der Waals surface area contributed by atoms with Crippen molar-refractivity contribution in [3.8, 4) is 11.3 Å². The zero-order chi connectivity index (χ0) is 18.7. The molecular formula is C19H15Cl2N3O2. The Morgan fingerprint density at radius 2 is 1.73 bits per heavy atom. The molecule has 1 amide bonds. The van der Waals surface area contributed by atoms with Gasteiger partial charge in [-0.05, 0) is 25.1 Å². The van der Waals surface area contributed by atoms with Gasteiger partial charge in [-0.1, -0.05) is 53.0 Å². The number of aryl methyl sites for hydroxylation is 1. The van der Waals surface area contributed by atoms with Crippen molar-refractivity contribution in [3.63, 3.8) is 0 Å². The zero-order valence-electron chi connectivity index (χ0n) is 13.9. The minimum Gasteiger partial charge on any atom is -0.324 e. The van der Waals surface area contributed by atoms with E-state index in [4.69, 9.17) is 23.2 Å². The molecule has 132 valence electrons. The molecule has 0 aliphatic heterocycles. The Hall–Kier alpha value is -2.63. The molecule has 1 heterocycles. The Kier molecular flexibility index (Phi) is 5.40. The highest BCUT2D eigenvalue weighted by molar-refractivity contribution is 6.35. The minimum atomic E-state index is -0.379. The fraction of sp³-hybridized carbons (Fsp3) is 0.105. The van der Waals surface area contributed by atoms with Crippen molar-refractivity contribution in [3.05, 3.63) is 80.8 Å². The molecule has 0 radical (unpaired) electrons. The summed E-state index contributed by atoms with van der Waals surface area (Å²) in [5.74, 6) is -0.379. The van der Waals surface area contributed by atoms with Crippen LogP contribution >= 0.6 is 23.2 Å². The maximum Gasteiger partial charge on any atom is 0.254 e. The van der Waals surface area contributed by atoms with Gasteiger partial charge in [0.1, 0.15) is 6.54 Å². The molecule has 3 rings (SSSR count). The average Bonchev–Trinajstić information content (AvgIpc) is 2.56. The molecule has 0 bridgehead atoms. The second kappa shape index (κ2) is 7.72. The minimum absolute atomic E-state index is 0.163. The lowest BCUT2D eigenvalue weighted by Gasteiger charge is -2.09. The van der Waals surface area contributed by atoms with Gasteiger partial charge in [0.2, 0.25) is 5.91 Å². The summed E-state index contributed by atoms with van der Waals surface area (Å²) in [5.41, 5.74) is 2.69. The summed E-state index contributed by atoms with van der Waals surface area (Å²) >= 11 is 11.8. The lowest BCUT2D eigenvalue weighted by atomic mass is 10.1. The molecule has 0 aliphatic rings. The third kappa shape index (κ3) is 4.50. The Bertz CT molecular complexity index is 994. The summed E-state index contributed by atoms with van der Waals surface area (Å²) < 4.78 is 1.24. The number of aromatic nitrogens is 2. The number of carbonyl (C=O) groups excluding carboxylic acids is 1. The quantitative estimate of drug-likeness (QED) is 0.730. The number of carbonyl (C=O) groups is 1. The van der Waals surface area contributed by atoms with Crippen molar-refractivity contribution < 1.29 is 4.79 Å². The zero-order valence-corrected chi connectivity index (χ0v) is 15.4. The van der Waals surface area contributed by atoms with Gasteiger partial charge in [-0.3, -0.25) is 14.2 Å². The topological polar surface area (TPSA) is 64.0 Å². The normalized spacial score (nSPS) is 10.6. The first-order chi connectivity index (χ1) is 12.4. The Morgan fingerprint density at radius 1 is 1.08 bits per heavy atom. The van der Waals surface area contributed by atoms with Gasteiger partial charge in [0, 0.05) is 27.4 Å². The first kappa shape index (κ1) is 18.2. The van der Waals surface area contributed by atoms with E-state index in [9.17, 15) is 9.59 Å². The van der Waals surface area contributed by atoms with E-state index in [1.165, 1.54) is 17.0 Å². The highest BCUT2D eigenvalue weighted by atomic mass is 35.5. The van der Waals surface area contributed by atoms with Gasteiger partial charge in [-0.25, -0.2) is 4.98 Å². The maximum atomic E-state index is 12.3. The van der Waals surface area contributed by atoms with Gasteiger partial charge in [-0.2, -0.15) is 0 Å². The third-order valence-electron chi connectivity index (χ3n) is 3.69. The Balaban J connectivity index is 1.74. The van der Waals surface area contributed by atoms with Crippen LogP contribution in [0.4, 0.5) is 5.69 Å². The van der Waals surface area contributed by atoms with Crippen molar-refractivity contribution in [1.82, 2.24) is 9.55 Å². The van der Waals surface area contributed by atoms with Gasteiger partial charge in [0.25, 0.3) is 5.56 Å².